The molecule has 0 aliphatic heterocycles. The van der Waals surface area contributed by atoms with Crippen LogP contribution in [0.4, 0.5) is 0 Å². The zero-order valence-corrected chi connectivity index (χ0v) is 13.6. The molecule has 3 nitrogen and oxygen atoms in total. The third kappa shape index (κ3) is 9.42. The first kappa shape index (κ1) is 18.9. The van der Waals surface area contributed by atoms with Crippen molar-refractivity contribution >= 4 is 0 Å². The number of hydrogen-bond acceptors (Lipinski definition) is 2. The van der Waals surface area contributed by atoms with Gasteiger partial charge in [0.15, 0.2) is 0 Å². The van der Waals surface area contributed by atoms with E-state index in [4.69, 9.17) is 0 Å². The van der Waals surface area contributed by atoms with Crippen molar-refractivity contribution in [3.8, 4) is 0 Å². The molecule has 2 atom stereocenters. The van der Waals surface area contributed by atoms with Crippen molar-refractivity contribution in [2.24, 2.45) is 0 Å². The molecule has 116 valence electrons. The second-order valence-electron chi connectivity index (χ2n) is 6.25. The molecule has 2 N–H and O–H groups in total. The van der Waals surface area contributed by atoms with E-state index >= 15 is 0 Å². The Bertz CT molecular complexity index is 197. The molecule has 0 fully saturated rings. The maximum absolute atomic E-state index is 9.92. The van der Waals surface area contributed by atoms with E-state index in [1.807, 2.05) is 13.8 Å². The Kier molecular flexibility index (Phi) is 10.6. The molecule has 3 heteroatoms. The summed E-state index contributed by atoms with van der Waals surface area (Å²) in [5.41, 5.74) is 0. The van der Waals surface area contributed by atoms with Crippen molar-refractivity contribution in [1.82, 2.24) is 0 Å². The van der Waals surface area contributed by atoms with E-state index in [0.717, 1.165) is 37.0 Å². The first-order chi connectivity index (χ1) is 8.97. The van der Waals surface area contributed by atoms with Crippen LogP contribution in [0.1, 0.15) is 65.7 Å². The Labute approximate surface area is 120 Å². The first-order valence-electron chi connectivity index (χ1n) is 8.17. The number of nitrogens with zero attached hydrogens (tertiary/aromatic N) is 1. The van der Waals surface area contributed by atoms with Crippen LogP contribution in [-0.2, 0) is 0 Å². The van der Waals surface area contributed by atoms with E-state index in [1.165, 1.54) is 32.1 Å². The van der Waals surface area contributed by atoms with E-state index in [2.05, 4.69) is 14.0 Å². The fraction of sp³-hybridized carbons (Fsp3) is 1.00. The molecule has 0 aromatic heterocycles. The Morgan fingerprint density at radius 3 is 1.68 bits per heavy atom. The van der Waals surface area contributed by atoms with Gasteiger partial charge in [-0.1, -0.05) is 40.0 Å². The molecule has 0 bridgehead atoms. The number of hydrogen-bond donors (Lipinski definition) is 2. The third-order valence-corrected chi connectivity index (χ3v) is 4.05. The van der Waals surface area contributed by atoms with Crippen molar-refractivity contribution in [1.29, 1.82) is 0 Å². The van der Waals surface area contributed by atoms with Crippen molar-refractivity contribution in [3.63, 3.8) is 0 Å². The lowest BCUT2D eigenvalue weighted by Crippen LogP contribution is -2.53. The van der Waals surface area contributed by atoms with Gasteiger partial charge in [0.05, 0.1) is 13.6 Å². The quantitative estimate of drug-likeness (QED) is 0.424. The molecule has 0 aromatic rings. The SMILES string of the molecule is CCCCCCC[N+](C)(CC(O)CC)CC(O)CC. The van der Waals surface area contributed by atoms with Gasteiger partial charge < -0.3 is 14.7 Å². The van der Waals surface area contributed by atoms with Crippen LogP contribution >= 0.6 is 0 Å². The van der Waals surface area contributed by atoms with Gasteiger partial charge in [-0.05, 0) is 25.7 Å². The van der Waals surface area contributed by atoms with Crippen LogP contribution in [0.25, 0.3) is 0 Å². The predicted octanol–water partition coefficient (Wildman–Crippen LogP) is 2.95. The highest BCUT2D eigenvalue weighted by molar-refractivity contribution is 4.57. The summed E-state index contributed by atoms with van der Waals surface area (Å²) < 4.78 is 0.802. The van der Waals surface area contributed by atoms with Crippen LogP contribution in [0.3, 0.4) is 0 Å². The number of rotatable bonds is 12. The van der Waals surface area contributed by atoms with Gasteiger partial charge in [0.1, 0.15) is 25.3 Å². The monoisotopic (exact) mass is 274 g/mol. The highest BCUT2D eigenvalue weighted by Gasteiger charge is 2.27. The van der Waals surface area contributed by atoms with Crippen molar-refractivity contribution < 1.29 is 14.7 Å². The van der Waals surface area contributed by atoms with Crippen LogP contribution in [0, 0.1) is 0 Å². The van der Waals surface area contributed by atoms with Gasteiger partial charge in [0.25, 0.3) is 0 Å². The molecular weight excluding hydrogens is 238 g/mol. The summed E-state index contributed by atoms with van der Waals surface area (Å²) in [5, 5.41) is 19.8. The lowest BCUT2D eigenvalue weighted by molar-refractivity contribution is -0.915. The molecule has 0 saturated heterocycles. The summed E-state index contributed by atoms with van der Waals surface area (Å²) in [4.78, 5) is 0. The van der Waals surface area contributed by atoms with Gasteiger partial charge in [-0.25, -0.2) is 0 Å². The largest absolute Gasteiger partial charge is 0.387 e. The van der Waals surface area contributed by atoms with Crippen molar-refractivity contribution in [2.45, 2.75) is 77.9 Å². The molecule has 0 aliphatic rings. The van der Waals surface area contributed by atoms with Crippen LogP contribution in [0.15, 0.2) is 0 Å². The third-order valence-electron chi connectivity index (χ3n) is 4.05. The minimum absolute atomic E-state index is 0.246. The summed E-state index contributed by atoms with van der Waals surface area (Å²) in [6.45, 7) is 8.87. The average Bonchev–Trinajstić information content (AvgIpc) is 2.38. The van der Waals surface area contributed by atoms with Gasteiger partial charge in [-0.2, -0.15) is 0 Å². The van der Waals surface area contributed by atoms with Gasteiger partial charge in [0, 0.05) is 0 Å². The number of quaternary nitrogens is 1. The number of aliphatic hydroxyl groups is 2. The average molecular weight is 274 g/mol. The summed E-state index contributed by atoms with van der Waals surface area (Å²) in [6, 6.07) is 0. The van der Waals surface area contributed by atoms with Gasteiger partial charge in [0.2, 0.25) is 0 Å². The molecule has 0 radical (unpaired) electrons. The molecule has 0 rings (SSSR count). The Hall–Kier alpha value is -0.120. The second-order valence-corrected chi connectivity index (χ2v) is 6.25. The summed E-state index contributed by atoms with van der Waals surface area (Å²) in [7, 11) is 2.18. The van der Waals surface area contributed by atoms with Gasteiger partial charge in [-0.15, -0.1) is 0 Å². The van der Waals surface area contributed by atoms with E-state index < -0.39 is 0 Å². The van der Waals surface area contributed by atoms with E-state index in [-0.39, 0.29) is 12.2 Å². The smallest absolute Gasteiger partial charge is 0.105 e. The van der Waals surface area contributed by atoms with E-state index in [9.17, 15) is 10.2 Å². The molecule has 0 spiro atoms. The molecule has 2 unspecified atom stereocenters. The fourth-order valence-corrected chi connectivity index (χ4v) is 2.63. The molecule has 0 aliphatic carbocycles. The lowest BCUT2D eigenvalue weighted by atomic mass is 10.1. The maximum Gasteiger partial charge on any atom is 0.105 e. The van der Waals surface area contributed by atoms with Crippen LogP contribution in [0.2, 0.25) is 0 Å². The zero-order chi connectivity index (χ0) is 14.7. The predicted molar refractivity (Wildman–Crippen MR) is 82.1 cm³/mol. The minimum atomic E-state index is -0.246. The lowest BCUT2D eigenvalue weighted by Gasteiger charge is -2.37. The molecule has 0 aromatic carbocycles. The molecule has 19 heavy (non-hydrogen) atoms. The zero-order valence-electron chi connectivity index (χ0n) is 13.6. The highest BCUT2D eigenvalue weighted by atomic mass is 16.3. The Morgan fingerprint density at radius 2 is 1.26 bits per heavy atom. The number of likely N-dealkylation sites (N-methyl/N-ethyl adjacent to an activating group) is 1. The highest BCUT2D eigenvalue weighted by Crippen LogP contribution is 2.13. The maximum atomic E-state index is 9.92. The number of aliphatic hydroxyl groups excluding tert-OH is 2. The van der Waals surface area contributed by atoms with Gasteiger partial charge >= 0.3 is 0 Å². The van der Waals surface area contributed by atoms with E-state index in [1.54, 1.807) is 0 Å². The fourth-order valence-electron chi connectivity index (χ4n) is 2.63. The summed E-state index contributed by atoms with van der Waals surface area (Å²) in [5.74, 6) is 0. The van der Waals surface area contributed by atoms with Crippen LogP contribution < -0.4 is 0 Å². The molecule has 0 amide bonds. The molecule has 0 saturated carbocycles. The van der Waals surface area contributed by atoms with Crippen molar-refractivity contribution in [3.05, 3.63) is 0 Å². The molecular formula is C16H36NO2+. The summed E-state index contributed by atoms with van der Waals surface area (Å²) >= 11 is 0. The Balaban J connectivity index is 4.23. The normalized spacial score (nSPS) is 18.0. The van der Waals surface area contributed by atoms with Gasteiger partial charge in [-0.3, -0.25) is 0 Å². The second kappa shape index (κ2) is 10.6. The van der Waals surface area contributed by atoms with Crippen LogP contribution in [0.5, 0.6) is 0 Å². The van der Waals surface area contributed by atoms with Crippen LogP contribution in [-0.4, -0.2) is 53.6 Å². The first-order valence-corrected chi connectivity index (χ1v) is 8.17. The standard InChI is InChI=1S/C16H36NO2/c1-5-8-9-10-11-12-17(4,13-15(18)6-2)14-16(19)7-3/h15-16,18-19H,5-14H2,1-4H3/q+1. The topological polar surface area (TPSA) is 40.5 Å². The van der Waals surface area contributed by atoms with Crippen molar-refractivity contribution in [2.75, 3.05) is 26.7 Å². The summed E-state index contributed by atoms with van der Waals surface area (Å²) in [6.07, 6.45) is 7.47. The molecule has 0 heterocycles. The Morgan fingerprint density at radius 1 is 0.789 bits per heavy atom. The number of unbranched alkanes of at least 4 members (excludes halogenated alkanes) is 4. The minimum Gasteiger partial charge on any atom is -0.387 e. The van der Waals surface area contributed by atoms with E-state index in [0.29, 0.717) is 0 Å².